The quantitative estimate of drug-likeness (QED) is 0.905. The normalized spacial score (nSPS) is 21.2. The van der Waals surface area contributed by atoms with Gasteiger partial charge in [0.05, 0.1) is 12.3 Å². The first kappa shape index (κ1) is 14.9. The van der Waals surface area contributed by atoms with Gasteiger partial charge in [-0.1, -0.05) is 0 Å². The van der Waals surface area contributed by atoms with E-state index in [2.05, 4.69) is 27.5 Å². The van der Waals surface area contributed by atoms with Gasteiger partial charge in [0.1, 0.15) is 5.01 Å². The molecule has 4 nitrogen and oxygen atoms in total. The van der Waals surface area contributed by atoms with Gasteiger partial charge in [-0.05, 0) is 6.92 Å². The number of halogens is 1. The van der Waals surface area contributed by atoms with Crippen LogP contribution in [0.5, 0.6) is 0 Å². The van der Waals surface area contributed by atoms with E-state index in [4.69, 9.17) is 4.74 Å². The average Bonchev–Trinajstić information content (AvgIpc) is 2.66. The maximum Gasteiger partial charge on any atom is 0.119 e. The number of hydrogen-bond acceptors (Lipinski definition) is 5. The third-order valence-corrected chi connectivity index (χ3v) is 3.58. The van der Waals surface area contributed by atoms with Crippen LogP contribution in [0.4, 0.5) is 0 Å². The van der Waals surface area contributed by atoms with E-state index < -0.39 is 0 Å². The molecule has 0 unspecified atom stereocenters. The maximum absolute atomic E-state index is 5.07. The minimum atomic E-state index is 0. The molecule has 0 aliphatic carbocycles. The van der Waals surface area contributed by atoms with E-state index in [1.54, 1.807) is 18.4 Å². The number of hydrogen-bond donors (Lipinski definition) is 1. The molecule has 1 aromatic rings. The number of piperazine rings is 1. The molecular weight excluding hydrogens is 258 g/mol. The number of ether oxygens (including phenoxy) is 1. The molecule has 98 valence electrons. The summed E-state index contributed by atoms with van der Waals surface area (Å²) in [5.74, 6) is 0. The lowest BCUT2D eigenvalue weighted by molar-refractivity contribution is 0.182. The predicted octanol–water partition coefficient (Wildman–Crippen LogP) is 1.51. The first-order valence-electron chi connectivity index (χ1n) is 5.66. The number of rotatable bonds is 4. The number of thiazole rings is 1. The van der Waals surface area contributed by atoms with Gasteiger partial charge in [-0.25, -0.2) is 4.98 Å². The first-order chi connectivity index (χ1) is 7.78. The largest absolute Gasteiger partial charge is 0.378 e. The van der Waals surface area contributed by atoms with E-state index in [0.29, 0.717) is 12.6 Å². The molecule has 2 heterocycles. The fourth-order valence-electron chi connectivity index (χ4n) is 2.00. The van der Waals surface area contributed by atoms with Crippen molar-refractivity contribution in [2.45, 2.75) is 26.1 Å². The van der Waals surface area contributed by atoms with Gasteiger partial charge in [0.15, 0.2) is 0 Å². The summed E-state index contributed by atoms with van der Waals surface area (Å²) in [6, 6.07) is 0.589. The van der Waals surface area contributed by atoms with Gasteiger partial charge in [-0.2, -0.15) is 0 Å². The van der Waals surface area contributed by atoms with Crippen molar-refractivity contribution in [1.82, 2.24) is 15.2 Å². The van der Waals surface area contributed by atoms with Crippen molar-refractivity contribution in [1.29, 1.82) is 0 Å². The highest BCUT2D eigenvalue weighted by Gasteiger charge is 2.16. The number of aromatic nitrogens is 1. The van der Waals surface area contributed by atoms with E-state index >= 15 is 0 Å². The van der Waals surface area contributed by atoms with Gasteiger partial charge in [-0.3, -0.25) is 4.90 Å². The first-order valence-corrected chi connectivity index (χ1v) is 6.54. The summed E-state index contributed by atoms with van der Waals surface area (Å²) in [7, 11) is 1.71. The van der Waals surface area contributed by atoms with Gasteiger partial charge in [0.2, 0.25) is 0 Å². The number of nitrogens with one attached hydrogen (secondary N) is 1. The van der Waals surface area contributed by atoms with Crippen molar-refractivity contribution in [2.24, 2.45) is 0 Å². The fourth-order valence-corrected chi connectivity index (χ4v) is 2.75. The molecule has 0 saturated carbocycles. The molecule has 6 heteroatoms. The summed E-state index contributed by atoms with van der Waals surface area (Å²) in [5.41, 5.74) is 1.17. The predicted molar refractivity (Wildman–Crippen MR) is 72.8 cm³/mol. The summed E-state index contributed by atoms with van der Waals surface area (Å²) in [6.45, 7) is 7.12. The van der Waals surface area contributed by atoms with Crippen molar-refractivity contribution in [3.8, 4) is 0 Å². The van der Waals surface area contributed by atoms with Crippen molar-refractivity contribution >= 4 is 23.7 Å². The van der Waals surface area contributed by atoms with Crippen molar-refractivity contribution < 1.29 is 4.74 Å². The molecule has 1 fully saturated rings. The van der Waals surface area contributed by atoms with Crippen LogP contribution in [-0.2, 0) is 17.9 Å². The lowest BCUT2D eigenvalue weighted by Gasteiger charge is -2.31. The second-order valence-corrected chi connectivity index (χ2v) is 5.20. The second kappa shape index (κ2) is 7.28. The Morgan fingerprint density at radius 1 is 1.65 bits per heavy atom. The molecule has 0 amide bonds. The smallest absolute Gasteiger partial charge is 0.119 e. The molecule has 1 N–H and O–H groups in total. The van der Waals surface area contributed by atoms with Gasteiger partial charge in [0.25, 0.3) is 0 Å². The molecule has 1 aromatic heterocycles. The van der Waals surface area contributed by atoms with Gasteiger partial charge in [0, 0.05) is 44.7 Å². The van der Waals surface area contributed by atoms with Crippen LogP contribution < -0.4 is 5.32 Å². The molecule has 1 atom stereocenters. The Balaban J connectivity index is 0.00000144. The highest BCUT2D eigenvalue weighted by molar-refractivity contribution is 7.09. The molecule has 0 spiro atoms. The van der Waals surface area contributed by atoms with Gasteiger partial charge in [-0.15, -0.1) is 23.7 Å². The lowest BCUT2D eigenvalue weighted by Crippen LogP contribution is -2.48. The van der Waals surface area contributed by atoms with Crippen molar-refractivity contribution in [3.63, 3.8) is 0 Å². The summed E-state index contributed by atoms with van der Waals surface area (Å²) in [4.78, 5) is 7.00. The number of methoxy groups -OCH3 is 1. The molecular formula is C11H20ClN3OS. The molecule has 0 bridgehead atoms. The highest BCUT2D eigenvalue weighted by atomic mass is 35.5. The van der Waals surface area contributed by atoms with Crippen LogP contribution in [0.15, 0.2) is 5.38 Å². The second-order valence-electron chi connectivity index (χ2n) is 4.26. The average molecular weight is 278 g/mol. The lowest BCUT2D eigenvalue weighted by atomic mass is 10.2. The molecule has 2 rings (SSSR count). The Bertz CT molecular complexity index is 334. The van der Waals surface area contributed by atoms with Gasteiger partial charge >= 0.3 is 0 Å². The van der Waals surface area contributed by atoms with E-state index in [9.17, 15) is 0 Å². The van der Waals surface area contributed by atoms with E-state index in [1.165, 1.54) is 5.69 Å². The van der Waals surface area contributed by atoms with E-state index in [-0.39, 0.29) is 12.4 Å². The van der Waals surface area contributed by atoms with E-state index in [1.807, 2.05) is 0 Å². The molecule has 0 radical (unpaired) electrons. The van der Waals surface area contributed by atoms with Crippen LogP contribution in [0, 0.1) is 0 Å². The van der Waals surface area contributed by atoms with Crippen LogP contribution in [0.3, 0.4) is 0 Å². The highest BCUT2D eigenvalue weighted by Crippen LogP contribution is 2.13. The Hall–Kier alpha value is -0.200. The minimum Gasteiger partial charge on any atom is -0.378 e. The Morgan fingerprint density at radius 3 is 3.18 bits per heavy atom. The van der Waals surface area contributed by atoms with Crippen molar-refractivity contribution in [2.75, 3.05) is 26.7 Å². The molecule has 1 aliphatic heterocycles. The van der Waals surface area contributed by atoms with Crippen LogP contribution in [-0.4, -0.2) is 42.7 Å². The third-order valence-electron chi connectivity index (χ3n) is 2.71. The Morgan fingerprint density at radius 2 is 2.47 bits per heavy atom. The zero-order valence-electron chi connectivity index (χ0n) is 10.3. The topological polar surface area (TPSA) is 37.4 Å². The summed E-state index contributed by atoms with van der Waals surface area (Å²) < 4.78 is 5.07. The van der Waals surface area contributed by atoms with Crippen LogP contribution in [0.1, 0.15) is 17.6 Å². The number of nitrogens with zero attached hydrogens (tertiary/aromatic N) is 2. The standard InChI is InChI=1S/C11H19N3OS.ClH/c1-9-5-14(4-3-12-9)6-10-8-16-11(13-10)7-15-2;/h8-9,12H,3-7H2,1-2H3;1H/t9-;/m0./s1. The Kier molecular flexibility index (Phi) is 6.37. The summed E-state index contributed by atoms with van der Waals surface area (Å²) in [6.07, 6.45) is 0. The van der Waals surface area contributed by atoms with Crippen molar-refractivity contribution in [3.05, 3.63) is 16.1 Å². The zero-order valence-corrected chi connectivity index (χ0v) is 11.9. The molecule has 0 aromatic carbocycles. The minimum absolute atomic E-state index is 0. The summed E-state index contributed by atoms with van der Waals surface area (Å²) >= 11 is 1.69. The van der Waals surface area contributed by atoms with Crippen LogP contribution in [0.25, 0.3) is 0 Å². The maximum atomic E-state index is 5.07. The molecule has 17 heavy (non-hydrogen) atoms. The SMILES string of the molecule is COCc1nc(CN2CCN[C@@H](C)C2)cs1.Cl. The molecule has 1 saturated heterocycles. The van der Waals surface area contributed by atoms with E-state index in [0.717, 1.165) is 31.2 Å². The fraction of sp³-hybridized carbons (Fsp3) is 0.727. The van der Waals surface area contributed by atoms with Crippen LogP contribution in [0.2, 0.25) is 0 Å². The Labute approximate surface area is 113 Å². The monoisotopic (exact) mass is 277 g/mol. The third kappa shape index (κ3) is 4.52. The van der Waals surface area contributed by atoms with Gasteiger partial charge < -0.3 is 10.1 Å². The van der Waals surface area contributed by atoms with Crippen LogP contribution >= 0.6 is 23.7 Å². The zero-order chi connectivity index (χ0) is 11.4. The molecule has 1 aliphatic rings. The summed E-state index contributed by atoms with van der Waals surface area (Å²) in [5, 5.41) is 6.65.